The van der Waals surface area contributed by atoms with Gasteiger partial charge in [0, 0.05) is 37.8 Å². The number of likely N-dealkylation sites (tertiary alicyclic amines) is 1. The summed E-state index contributed by atoms with van der Waals surface area (Å²) in [7, 11) is 0. The van der Waals surface area contributed by atoms with Gasteiger partial charge in [-0.1, -0.05) is 19.1 Å². The van der Waals surface area contributed by atoms with Crippen LogP contribution in [0.3, 0.4) is 0 Å². The zero-order chi connectivity index (χ0) is 17.8. The summed E-state index contributed by atoms with van der Waals surface area (Å²) < 4.78 is 1.90. The number of nitrogens with zero attached hydrogens (tertiary/aromatic N) is 3. The standard InChI is InChI=1S/C19H23N3O3/c1-2-17-20-8-10-21(17)13-18(23)22-9-4-7-16(12-22)14-5-3-6-15(11-14)19(24)25/h3,5-6,8,10-11,16H,2,4,7,9,12-13H2,1H3,(H,24,25)/t16-/m1/s1. The molecular weight excluding hydrogens is 318 g/mol. The lowest BCUT2D eigenvalue weighted by molar-refractivity contribution is -0.133. The van der Waals surface area contributed by atoms with Crippen LogP contribution >= 0.6 is 0 Å². The van der Waals surface area contributed by atoms with Crippen molar-refractivity contribution >= 4 is 11.9 Å². The monoisotopic (exact) mass is 341 g/mol. The number of aromatic nitrogens is 2. The maximum absolute atomic E-state index is 12.7. The van der Waals surface area contributed by atoms with Gasteiger partial charge in [0.05, 0.1) is 5.56 Å². The highest BCUT2D eigenvalue weighted by atomic mass is 16.4. The van der Waals surface area contributed by atoms with Gasteiger partial charge in [-0.3, -0.25) is 4.79 Å². The Hall–Kier alpha value is -2.63. The number of amides is 1. The van der Waals surface area contributed by atoms with E-state index in [1.165, 1.54) is 0 Å². The molecule has 0 unspecified atom stereocenters. The smallest absolute Gasteiger partial charge is 0.335 e. The summed E-state index contributed by atoms with van der Waals surface area (Å²) in [5, 5.41) is 9.17. The van der Waals surface area contributed by atoms with Crippen LogP contribution in [-0.2, 0) is 17.8 Å². The summed E-state index contributed by atoms with van der Waals surface area (Å²) in [5.74, 6) is 0.270. The predicted octanol–water partition coefficient (Wildman–Crippen LogP) is 2.55. The molecule has 1 aromatic heterocycles. The third-order valence-corrected chi connectivity index (χ3v) is 4.80. The molecule has 0 bridgehead atoms. The van der Waals surface area contributed by atoms with Crippen molar-refractivity contribution in [1.82, 2.24) is 14.5 Å². The number of hydrogen-bond acceptors (Lipinski definition) is 3. The van der Waals surface area contributed by atoms with Crippen molar-refractivity contribution < 1.29 is 14.7 Å². The second-order valence-corrected chi connectivity index (χ2v) is 6.43. The molecule has 1 N–H and O–H groups in total. The first kappa shape index (κ1) is 17.2. The molecule has 0 aliphatic carbocycles. The van der Waals surface area contributed by atoms with Gasteiger partial charge in [-0.2, -0.15) is 0 Å². The highest BCUT2D eigenvalue weighted by Crippen LogP contribution is 2.27. The number of carbonyl (C=O) groups excluding carboxylic acids is 1. The Morgan fingerprint density at radius 3 is 2.96 bits per heavy atom. The van der Waals surface area contributed by atoms with E-state index < -0.39 is 5.97 Å². The molecule has 1 amide bonds. The van der Waals surface area contributed by atoms with Gasteiger partial charge in [0.1, 0.15) is 12.4 Å². The Morgan fingerprint density at radius 1 is 1.36 bits per heavy atom. The zero-order valence-electron chi connectivity index (χ0n) is 14.4. The highest BCUT2D eigenvalue weighted by molar-refractivity contribution is 5.87. The number of hydrogen-bond donors (Lipinski definition) is 1. The fourth-order valence-electron chi connectivity index (χ4n) is 3.45. The molecule has 0 radical (unpaired) electrons. The topological polar surface area (TPSA) is 75.4 Å². The van der Waals surface area contributed by atoms with Crippen LogP contribution in [0.5, 0.6) is 0 Å². The molecule has 1 atom stereocenters. The van der Waals surface area contributed by atoms with E-state index in [0.717, 1.165) is 37.2 Å². The molecule has 3 rings (SSSR count). The SMILES string of the molecule is CCc1nccn1CC(=O)N1CCC[C@@H](c2cccc(C(=O)O)c2)C1. The van der Waals surface area contributed by atoms with Crippen molar-refractivity contribution in [2.75, 3.05) is 13.1 Å². The van der Waals surface area contributed by atoms with Gasteiger partial charge in [-0.05, 0) is 30.5 Å². The van der Waals surface area contributed by atoms with Crippen LogP contribution in [0.4, 0.5) is 0 Å². The van der Waals surface area contributed by atoms with Crippen LogP contribution in [0.1, 0.15) is 47.4 Å². The molecule has 0 saturated carbocycles. The summed E-state index contributed by atoms with van der Waals surface area (Å²) in [6.07, 6.45) is 6.26. The molecule has 6 heteroatoms. The highest BCUT2D eigenvalue weighted by Gasteiger charge is 2.25. The second kappa shape index (κ2) is 7.51. The van der Waals surface area contributed by atoms with Crippen LogP contribution in [0, 0.1) is 0 Å². The van der Waals surface area contributed by atoms with Gasteiger partial charge >= 0.3 is 5.97 Å². The van der Waals surface area contributed by atoms with E-state index in [4.69, 9.17) is 5.11 Å². The molecule has 2 aromatic rings. The van der Waals surface area contributed by atoms with Gasteiger partial charge in [0.2, 0.25) is 5.91 Å². The Labute approximate surface area is 147 Å². The number of benzene rings is 1. The van der Waals surface area contributed by atoms with Gasteiger partial charge < -0.3 is 14.6 Å². The molecule has 2 heterocycles. The molecule has 1 aliphatic heterocycles. The summed E-state index contributed by atoms with van der Waals surface area (Å²) in [5.41, 5.74) is 1.29. The van der Waals surface area contributed by atoms with Gasteiger partial charge in [-0.15, -0.1) is 0 Å². The van der Waals surface area contributed by atoms with Crippen LogP contribution in [0.15, 0.2) is 36.7 Å². The molecule has 0 spiro atoms. The quantitative estimate of drug-likeness (QED) is 0.907. The van der Waals surface area contributed by atoms with E-state index in [2.05, 4.69) is 4.98 Å². The van der Waals surface area contributed by atoms with Crippen molar-refractivity contribution in [3.63, 3.8) is 0 Å². The van der Waals surface area contributed by atoms with Gasteiger partial charge in [0.25, 0.3) is 0 Å². The predicted molar refractivity (Wildman–Crippen MR) is 93.6 cm³/mol. The molecule has 132 valence electrons. The van der Waals surface area contributed by atoms with Crippen LogP contribution < -0.4 is 0 Å². The number of carboxylic acid groups (broad SMARTS) is 1. The minimum absolute atomic E-state index is 0.0896. The lowest BCUT2D eigenvalue weighted by atomic mass is 9.89. The third kappa shape index (κ3) is 3.90. The number of rotatable bonds is 5. The first-order valence-electron chi connectivity index (χ1n) is 8.69. The number of aromatic carboxylic acids is 1. The second-order valence-electron chi connectivity index (χ2n) is 6.43. The summed E-state index contributed by atoms with van der Waals surface area (Å²) in [6.45, 7) is 3.73. The maximum atomic E-state index is 12.7. The zero-order valence-corrected chi connectivity index (χ0v) is 14.4. The summed E-state index contributed by atoms with van der Waals surface area (Å²) in [4.78, 5) is 30.0. The van der Waals surface area contributed by atoms with Crippen molar-refractivity contribution in [2.45, 2.75) is 38.6 Å². The molecule has 1 aromatic carbocycles. The van der Waals surface area contributed by atoms with E-state index in [-0.39, 0.29) is 11.8 Å². The molecule has 25 heavy (non-hydrogen) atoms. The first-order valence-corrected chi connectivity index (χ1v) is 8.69. The minimum atomic E-state index is -0.919. The minimum Gasteiger partial charge on any atom is -0.478 e. The molecular formula is C19H23N3O3. The Morgan fingerprint density at radius 2 is 2.20 bits per heavy atom. The Bertz CT molecular complexity index is 769. The number of carbonyl (C=O) groups is 2. The first-order chi connectivity index (χ1) is 12.1. The number of aryl methyl sites for hydroxylation is 1. The summed E-state index contributed by atoms with van der Waals surface area (Å²) in [6, 6.07) is 7.06. The fourth-order valence-corrected chi connectivity index (χ4v) is 3.45. The lowest BCUT2D eigenvalue weighted by Crippen LogP contribution is -2.41. The fraction of sp³-hybridized carbons (Fsp3) is 0.421. The van der Waals surface area contributed by atoms with Crippen LogP contribution in [0.2, 0.25) is 0 Å². The lowest BCUT2D eigenvalue weighted by Gasteiger charge is -2.33. The van der Waals surface area contributed by atoms with E-state index in [1.807, 2.05) is 28.7 Å². The molecule has 1 fully saturated rings. The van der Waals surface area contributed by atoms with Gasteiger partial charge in [-0.25, -0.2) is 9.78 Å². The van der Waals surface area contributed by atoms with Crippen molar-refractivity contribution in [3.05, 3.63) is 53.6 Å². The van der Waals surface area contributed by atoms with Crippen molar-refractivity contribution in [3.8, 4) is 0 Å². The van der Waals surface area contributed by atoms with Crippen molar-refractivity contribution in [1.29, 1.82) is 0 Å². The average Bonchev–Trinajstić information content (AvgIpc) is 3.09. The van der Waals surface area contributed by atoms with E-state index in [1.54, 1.807) is 24.4 Å². The van der Waals surface area contributed by atoms with Crippen LogP contribution in [-0.4, -0.2) is 44.5 Å². The molecule has 1 saturated heterocycles. The molecule has 6 nitrogen and oxygen atoms in total. The van der Waals surface area contributed by atoms with Gasteiger partial charge in [0.15, 0.2) is 0 Å². The summed E-state index contributed by atoms with van der Waals surface area (Å²) >= 11 is 0. The average molecular weight is 341 g/mol. The number of piperidine rings is 1. The maximum Gasteiger partial charge on any atom is 0.335 e. The van der Waals surface area contributed by atoms with Crippen molar-refractivity contribution in [2.24, 2.45) is 0 Å². The Kier molecular flexibility index (Phi) is 5.16. The van der Waals surface area contributed by atoms with Crippen LogP contribution in [0.25, 0.3) is 0 Å². The number of imidazole rings is 1. The van der Waals surface area contributed by atoms with E-state index in [0.29, 0.717) is 18.7 Å². The number of carboxylic acids is 1. The normalized spacial score (nSPS) is 17.5. The Balaban J connectivity index is 1.69. The molecule has 1 aliphatic rings. The largest absolute Gasteiger partial charge is 0.478 e. The van der Waals surface area contributed by atoms with E-state index >= 15 is 0 Å². The van der Waals surface area contributed by atoms with E-state index in [9.17, 15) is 9.59 Å². The third-order valence-electron chi connectivity index (χ3n) is 4.80.